The van der Waals surface area contributed by atoms with E-state index in [1.165, 1.54) is 64.3 Å². The Labute approximate surface area is 205 Å². The fourth-order valence-corrected chi connectivity index (χ4v) is 6.62. The van der Waals surface area contributed by atoms with Crippen LogP contribution in [0.25, 0.3) is 64.3 Å². The number of hydrogen-bond donors (Lipinski definition) is 0. The Bertz CT molecular complexity index is 2020. The molecule has 0 fully saturated rings. The van der Waals surface area contributed by atoms with Gasteiger partial charge in [0, 0.05) is 38.1 Å². The number of hydrogen-bond acceptors (Lipinski definition) is 1. The van der Waals surface area contributed by atoms with Gasteiger partial charge in [0.05, 0.1) is 16.6 Å². The Morgan fingerprint density at radius 1 is 0.514 bits per heavy atom. The predicted molar refractivity (Wildman–Crippen MR) is 151 cm³/mol. The molecule has 0 aliphatic rings. The van der Waals surface area contributed by atoms with E-state index < -0.39 is 0 Å². The second-order valence-corrected chi connectivity index (χ2v) is 10.2. The highest BCUT2D eigenvalue weighted by Crippen LogP contribution is 2.40. The molecule has 0 radical (unpaired) electrons. The first-order valence-electron chi connectivity index (χ1n) is 11.9. The Kier molecular flexibility index (Phi) is 3.85. The maximum absolute atomic E-state index is 2.47. The average Bonchev–Trinajstić information content (AvgIpc) is 3.61. The Morgan fingerprint density at radius 2 is 1.34 bits per heavy atom. The van der Waals surface area contributed by atoms with Gasteiger partial charge in [0.2, 0.25) is 0 Å². The third kappa shape index (κ3) is 2.70. The maximum atomic E-state index is 2.47. The molecule has 0 bridgehead atoms. The maximum Gasteiger partial charge on any atom is 0.101 e. The first kappa shape index (κ1) is 19.0. The zero-order chi connectivity index (χ0) is 22.9. The average molecular weight is 465 g/mol. The van der Waals surface area contributed by atoms with Crippen molar-refractivity contribution in [1.82, 2.24) is 9.13 Å². The SMILES string of the molecule is c1ccc(-n2ccc3cc4ccc5c6ccccc6n(-c6cc7ccccc7s6)c5c4cc32)cc1. The van der Waals surface area contributed by atoms with Gasteiger partial charge in [0.15, 0.2) is 0 Å². The molecule has 3 heterocycles. The number of fused-ring (bicyclic) bond motifs is 7. The third-order valence-electron chi connectivity index (χ3n) is 7.13. The number of thiophene rings is 1. The first-order valence-corrected chi connectivity index (χ1v) is 12.7. The normalized spacial score (nSPS) is 12.0. The molecule has 164 valence electrons. The van der Waals surface area contributed by atoms with Crippen molar-refractivity contribution in [3.8, 4) is 10.7 Å². The highest BCUT2D eigenvalue weighted by Gasteiger charge is 2.17. The van der Waals surface area contributed by atoms with Gasteiger partial charge in [-0.2, -0.15) is 0 Å². The van der Waals surface area contributed by atoms with Crippen LogP contribution in [-0.2, 0) is 0 Å². The number of nitrogens with zero attached hydrogens (tertiary/aromatic N) is 2. The summed E-state index contributed by atoms with van der Waals surface area (Å²) in [6, 6.07) is 41.9. The van der Waals surface area contributed by atoms with E-state index in [2.05, 4.69) is 131 Å². The fraction of sp³-hybridized carbons (Fsp3) is 0. The third-order valence-corrected chi connectivity index (χ3v) is 8.23. The summed E-state index contributed by atoms with van der Waals surface area (Å²) in [5, 5.41) is 8.93. The molecule has 0 atom stereocenters. The highest BCUT2D eigenvalue weighted by molar-refractivity contribution is 7.21. The van der Waals surface area contributed by atoms with Gasteiger partial charge in [0.1, 0.15) is 5.00 Å². The summed E-state index contributed by atoms with van der Waals surface area (Å²) in [5.41, 5.74) is 4.93. The molecular weight excluding hydrogens is 444 g/mol. The van der Waals surface area contributed by atoms with Crippen LogP contribution in [0.3, 0.4) is 0 Å². The molecule has 0 saturated heterocycles. The summed E-state index contributed by atoms with van der Waals surface area (Å²) in [7, 11) is 0. The molecular formula is C32H20N2S. The number of benzene rings is 5. The first-order chi connectivity index (χ1) is 17.3. The summed E-state index contributed by atoms with van der Waals surface area (Å²) in [4.78, 5) is 0. The Morgan fingerprint density at radius 3 is 2.26 bits per heavy atom. The molecule has 5 aromatic carbocycles. The zero-order valence-electron chi connectivity index (χ0n) is 18.8. The second kappa shape index (κ2) is 7.08. The van der Waals surface area contributed by atoms with Gasteiger partial charge >= 0.3 is 0 Å². The number of para-hydroxylation sites is 2. The summed E-state index contributed by atoms with van der Waals surface area (Å²) in [6.45, 7) is 0. The molecule has 0 spiro atoms. The van der Waals surface area contributed by atoms with Gasteiger partial charge < -0.3 is 4.57 Å². The molecule has 0 aliphatic heterocycles. The van der Waals surface area contributed by atoms with E-state index >= 15 is 0 Å². The van der Waals surface area contributed by atoms with Gasteiger partial charge in [0.25, 0.3) is 0 Å². The van der Waals surface area contributed by atoms with Crippen LogP contribution in [0.2, 0.25) is 0 Å². The minimum atomic E-state index is 1.18. The summed E-state index contributed by atoms with van der Waals surface area (Å²) in [5.74, 6) is 0. The lowest BCUT2D eigenvalue weighted by molar-refractivity contribution is 1.13. The van der Waals surface area contributed by atoms with E-state index in [0.29, 0.717) is 0 Å². The van der Waals surface area contributed by atoms with Gasteiger partial charge in [-0.05, 0) is 59.3 Å². The van der Waals surface area contributed by atoms with E-state index in [-0.39, 0.29) is 0 Å². The van der Waals surface area contributed by atoms with E-state index in [0.717, 1.165) is 0 Å². The van der Waals surface area contributed by atoms with Crippen LogP contribution in [0.15, 0.2) is 121 Å². The monoisotopic (exact) mass is 464 g/mol. The van der Waals surface area contributed by atoms with Crippen LogP contribution >= 0.6 is 11.3 Å². The van der Waals surface area contributed by atoms with Gasteiger partial charge in [-0.3, -0.25) is 4.57 Å². The summed E-state index contributed by atoms with van der Waals surface area (Å²) >= 11 is 1.86. The van der Waals surface area contributed by atoms with Crippen LogP contribution < -0.4 is 0 Å². The topological polar surface area (TPSA) is 9.86 Å². The minimum absolute atomic E-state index is 1.18. The van der Waals surface area contributed by atoms with Crippen molar-refractivity contribution in [2.45, 2.75) is 0 Å². The Hall–Kier alpha value is -4.34. The lowest BCUT2D eigenvalue weighted by Crippen LogP contribution is -1.93. The molecule has 3 heteroatoms. The summed E-state index contributed by atoms with van der Waals surface area (Å²) in [6.07, 6.45) is 2.18. The van der Waals surface area contributed by atoms with Crippen molar-refractivity contribution < 1.29 is 0 Å². The zero-order valence-corrected chi connectivity index (χ0v) is 19.7. The van der Waals surface area contributed by atoms with Gasteiger partial charge in [-0.25, -0.2) is 0 Å². The van der Waals surface area contributed by atoms with Crippen LogP contribution in [0.1, 0.15) is 0 Å². The molecule has 8 aromatic rings. The van der Waals surface area contributed by atoms with Gasteiger partial charge in [-0.1, -0.05) is 66.7 Å². The lowest BCUT2D eigenvalue weighted by Gasteiger charge is -2.10. The molecule has 35 heavy (non-hydrogen) atoms. The van der Waals surface area contributed by atoms with Crippen LogP contribution in [0.5, 0.6) is 0 Å². The van der Waals surface area contributed by atoms with Crippen molar-refractivity contribution in [2.24, 2.45) is 0 Å². The van der Waals surface area contributed by atoms with Crippen molar-refractivity contribution in [3.63, 3.8) is 0 Å². The second-order valence-electron chi connectivity index (χ2n) is 9.09. The summed E-state index contributed by atoms with van der Waals surface area (Å²) < 4.78 is 6.08. The van der Waals surface area contributed by atoms with Crippen LogP contribution in [0.4, 0.5) is 0 Å². The Balaban J connectivity index is 1.54. The van der Waals surface area contributed by atoms with Crippen molar-refractivity contribution in [2.75, 3.05) is 0 Å². The van der Waals surface area contributed by atoms with Crippen LogP contribution in [-0.4, -0.2) is 9.13 Å². The van der Waals surface area contributed by atoms with Gasteiger partial charge in [-0.15, -0.1) is 11.3 Å². The molecule has 0 saturated carbocycles. The molecule has 0 unspecified atom stereocenters. The van der Waals surface area contributed by atoms with E-state index in [1.54, 1.807) is 0 Å². The molecule has 3 aromatic heterocycles. The highest BCUT2D eigenvalue weighted by atomic mass is 32.1. The smallest absolute Gasteiger partial charge is 0.101 e. The fourth-order valence-electron chi connectivity index (χ4n) is 5.54. The number of aromatic nitrogens is 2. The molecule has 8 rings (SSSR count). The van der Waals surface area contributed by atoms with E-state index in [1.807, 2.05) is 11.3 Å². The molecule has 0 aliphatic carbocycles. The predicted octanol–water partition coefficient (Wildman–Crippen LogP) is 9.10. The standard InChI is InChI=1S/C32H20N2S/c1-2-9-24(10-3-1)33-17-16-22-18-21-14-15-26-25-11-5-6-12-28(25)34(32(26)27(21)20-29(22)33)31-19-23-8-4-7-13-30(23)35-31/h1-20H. The van der Waals surface area contributed by atoms with E-state index in [9.17, 15) is 0 Å². The van der Waals surface area contributed by atoms with E-state index in [4.69, 9.17) is 0 Å². The lowest BCUT2D eigenvalue weighted by atomic mass is 10.0. The quantitative estimate of drug-likeness (QED) is 0.241. The van der Waals surface area contributed by atoms with Crippen molar-refractivity contribution in [1.29, 1.82) is 0 Å². The molecule has 0 N–H and O–H groups in total. The number of rotatable bonds is 2. The van der Waals surface area contributed by atoms with Crippen molar-refractivity contribution in [3.05, 3.63) is 121 Å². The van der Waals surface area contributed by atoms with Crippen LogP contribution in [0, 0.1) is 0 Å². The molecule has 0 amide bonds. The minimum Gasteiger partial charge on any atom is -0.317 e. The largest absolute Gasteiger partial charge is 0.317 e. The molecule has 2 nitrogen and oxygen atoms in total. The van der Waals surface area contributed by atoms with Crippen molar-refractivity contribution >= 4 is 64.9 Å².